The van der Waals surface area contributed by atoms with Crippen molar-refractivity contribution >= 4 is 34.7 Å². The maximum Gasteiger partial charge on any atom is 0.310 e. The fraction of sp³-hybridized carbons (Fsp3) is 0.179. The lowest BCUT2D eigenvalue weighted by Crippen LogP contribution is -2.40. The first kappa shape index (κ1) is 24.5. The molecular weight excluding hydrogens is 460 g/mol. The van der Waals surface area contributed by atoms with Crippen LogP contribution in [0.4, 0.5) is 17.1 Å². The van der Waals surface area contributed by atoms with Crippen LogP contribution in [0.2, 0.25) is 0 Å². The van der Waals surface area contributed by atoms with E-state index in [4.69, 9.17) is 4.74 Å². The zero-order valence-corrected chi connectivity index (χ0v) is 19.4. The van der Waals surface area contributed by atoms with E-state index in [2.05, 4.69) is 0 Å². The van der Waals surface area contributed by atoms with Gasteiger partial charge in [0.1, 0.15) is 0 Å². The van der Waals surface area contributed by atoms with Crippen LogP contribution in [-0.4, -0.2) is 29.2 Å². The Balaban J connectivity index is 1.52. The van der Waals surface area contributed by atoms with E-state index in [9.17, 15) is 24.5 Å². The van der Waals surface area contributed by atoms with E-state index < -0.39 is 35.1 Å². The Morgan fingerprint density at radius 1 is 0.833 bits per heavy atom. The van der Waals surface area contributed by atoms with Crippen LogP contribution < -0.4 is 4.90 Å². The van der Waals surface area contributed by atoms with Crippen molar-refractivity contribution in [2.24, 2.45) is 11.8 Å². The van der Waals surface area contributed by atoms with E-state index in [0.29, 0.717) is 24.2 Å². The molecule has 0 aromatic heterocycles. The molecule has 2 atom stereocenters. The number of ether oxygens (including phenoxy) is 1. The summed E-state index contributed by atoms with van der Waals surface area (Å²) in [6.45, 7) is -0.567. The lowest BCUT2D eigenvalue weighted by atomic mass is 9.81. The van der Waals surface area contributed by atoms with Gasteiger partial charge in [0, 0.05) is 29.1 Å². The van der Waals surface area contributed by atoms with Crippen LogP contribution in [0.25, 0.3) is 0 Å². The Kier molecular flexibility index (Phi) is 7.65. The highest BCUT2D eigenvalue weighted by molar-refractivity contribution is 6.04. The molecule has 0 heterocycles. The molecule has 36 heavy (non-hydrogen) atoms. The Labute approximate surface area is 208 Å². The molecule has 0 saturated carbocycles. The quantitative estimate of drug-likeness (QED) is 0.142. The summed E-state index contributed by atoms with van der Waals surface area (Å²) in [6, 6.07) is 23.6. The number of esters is 1. The molecule has 3 aromatic rings. The number of para-hydroxylation sites is 2. The van der Waals surface area contributed by atoms with Gasteiger partial charge >= 0.3 is 5.97 Å². The average molecular weight is 485 g/mol. The van der Waals surface area contributed by atoms with Crippen molar-refractivity contribution in [1.82, 2.24) is 0 Å². The molecule has 0 N–H and O–H groups in total. The second-order valence-electron chi connectivity index (χ2n) is 8.34. The second kappa shape index (κ2) is 11.2. The number of hydrogen-bond donors (Lipinski definition) is 0. The number of carbonyl (C=O) groups excluding carboxylic acids is 3. The summed E-state index contributed by atoms with van der Waals surface area (Å²) < 4.78 is 5.31. The normalized spacial score (nSPS) is 16.7. The molecule has 2 unspecified atom stereocenters. The monoisotopic (exact) mass is 484 g/mol. The Hall–Kier alpha value is -4.59. The number of benzene rings is 3. The van der Waals surface area contributed by atoms with Gasteiger partial charge in [0.2, 0.25) is 11.7 Å². The summed E-state index contributed by atoms with van der Waals surface area (Å²) >= 11 is 0. The van der Waals surface area contributed by atoms with Gasteiger partial charge in [-0.1, -0.05) is 60.7 Å². The van der Waals surface area contributed by atoms with Crippen molar-refractivity contribution in [1.29, 1.82) is 0 Å². The fourth-order valence-corrected chi connectivity index (χ4v) is 4.19. The number of amides is 1. The van der Waals surface area contributed by atoms with Crippen molar-refractivity contribution in [3.63, 3.8) is 0 Å². The summed E-state index contributed by atoms with van der Waals surface area (Å²) in [5, 5.41) is 11.0. The van der Waals surface area contributed by atoms with Gasteiger partial charge in [-0.05, 0) is 37.1 Å². The van der Waals surface area contributed by atoms with E-state index in [-0.39, 0.29) is 17.2 Å². The molecule has 4 rings (SSSR count). The second-order valence-corrected chi connectivity index (χ2v) is 8.34. The number of Topliss-reactive ketones (excluding diaryl/α,β-unsaturated/α-hetero) is 1. The number of nitrogens with zero attached hydrogens (tertiary/aromatic N) is 2. The minimum atomic E-state index is -0.768. The van der Waals surface area contributed by atoms with Crippen molar-refractivity contribution < 1.29 is 24.0 Å². The highest BCUT2D eigenvalue weighted by atomic mass is 16.6. The van der Waals surface area contributed by atoms with Crippen LogP contribution in [0.5, 0.6) is 0 Å². The highest BCUT2D eigenvalue weighted by Gasteiger charge is 2.38. The minimum Gasteiger partial charge on any atom is -0.457 e. The van der Waals surface area contributed by atoms with Gasteiger partial charge in [-0.2, -0.15) is 0 Å². The number of nitro groups is 1. The van der Waals surface area contributed by atoms with E-state index in [1.54, 1.807) is 4.90 Å². The summed E-state index contributed by atoms with van der Waals surface area (Å²) in [4.78, 5) is 51.3. The molecule has 3 aromatic carbocycles. The van der Waals surface area contributed by atoms with Crippen molar-refractivity contribution in [3.8, 4) is 0 Å². The maximum atomic E-state index is 13.8. The van der Waals surface area contributed by atoms with Gasteiger partial charge < -0.3 is 4.74 Å². The van der Waals surface area contributed by atoms with E-state index in [1.165, 1.54) is 18.2 Å². The average Bonchev–Trinajstić information content (AvgIpc) is 2.93. The lowest BCUT2D eigenvalue weighted by Gasteiger charge is -2.32. The van der Waals surface area contributed by atoms with Crippen molar-refractivity contribution in [2.45, 2.75) is 12.8 Å². The van der Waals surface area contributed by atoms with Crippen LogP contribution >= 0.6 is 0 Å². The molecule has 0 fully saturated rings. The van der Waals surface area contributed by atoms with Gasteiger partial charge in [0.25, 0.3) is 5.69 Å². The van der Waals surface area contributed by atoms with Crippen LogP contribution in [0, 0.1) is 22.0 Å². The molecule has 0 spiro atoms. The van der Waals surface area contributed by atoms with Gasteiger partial charge in [-0.3, -0.25) is 29.4 Å². The van der Waals surface area contributed by atoms with E-state index >= 15 is 0 Å². The van der Waals surface area contributed by atoms with Crippen molar-refractivity contribution in [2.75, 3.05) is 11.5 Å². The number of non-ortho nitro benzene ring substituents is 1. The molecule has 0 aliphatic heterocycles. The smallest absolute Gasteiger partial charge is 0.310 e. The number of rotatable bonds is 8. The summed E-state index contributed by atoms with van der Waals surface area (Å²) in [7, 11) is 0. The number of carbonyl (C=O) groups is 3. The number of anilines is 2. The Morgan fingerprint density at radius 2 is 1.42 bits per heavy atom. The molecule has 8 nitrogen and oxygen atoms in total. The van der Waals surface area contributed by atoms with Gasteiger partial charge in [0.05, 0.1) is 16.8 Å². The van der Waals surface area contributed by atoms with Crippen LogP contribution in [0.15, 0.2) is 97.1 Å². The molecule has 8 heteroatoms. The first-order valence-electron chi connectivity index (χ1n) is 11.5. The van der Waals surface area contributed by atoms with Crippen LogP contribution in [0.1, 0.15) is 23.2 Å². The fourth-order valence-electron chi connectivity index (χ4n) is 4.19. The van der Waals surface area contributed by atoms with Crippen LogP contribution in [0.3, 0.4) is 0 Å². The number of allylic oxidation sites excluding steroid dienone is 2. The molecule has 0 saturated heterocycles. The number of hydrogen-bond acceptors (Lipinski definition) is 6. The molecule has 0 radical (unpaired) electrons. The van der Waals surface area contributed by atoms with Gasteiger partial charge in [-0.25, -0.2) is 0 Å². The van der Waals surface area contributed by atoms with E-state index in [1.807, 2.05) is 72.8 Å². The molecule has 1 aliphatic rings. The molecular formula is C28H24N2O6. The largest absolute Gasteiger partial charge is 0.457 e. The topological polar surface area (TPSA) is 107 Å². The van der Waals surface area contributed by atoms with Crippen molar-refractivity contribution in [3.05, 3.63) is 113 Å². The Morgan fingerprint density at radius 3 is 2.00 bits per heavy atom. The summed E-state index contributed by atoms with van der Waals surface area (Å²) in [5.74, 6) is -2.91. The zero-order chi connectivity index (χ0) is 25.5. The van der Waals surface area contributed by atoms with Crippen LogP contribution in [-0.2, 0) is 14.3 Å². The highest BCUT2D eigenvalue weighted by Crippen LogP contribution is 2.34. The minimum absolute atomic E-state index is 0.0764. The predicted molar refractivity (Wildman–Crippen MR) is 134 cm³/mol. The number of nitro benzene ring substituents is 1. The van der Waals surface area contributed by atoms with E-state index in [0.717, 1.165) is 6.07 Å². The number of ketones is 1. The maximum absolute atomic E-state index is 13.8. The standard InChI is InChI=1S/C28H24N2O6/c31-26(20-10-9-15-23(18-20)30(34)35)19-36-28(33)25-17-8-7-16-24(25)27(32)29(21-11-3-1-4-12-21)22-13-5-2-6-14-22/h1-15,18,24-25H,16-17,19H2. The first-order valence-corrected chi connectivity index (χ1v) is 11.5. The first-order chi connectivity index (χ1) is 17.5. The third kappa shape index (κ3) is 5.55. The molecule has 182 valence electrons. The summed E-state index contributed by atoms with van der Waals surface area (Å²) in [6.07, 6.45) is 4.35. The lowest BCUT2D eigenvalue weighted by molar-refractivity contribution is -0.384. The zero-order valence-electron chi connectivity index (χ0n) is 19.4. The molecule has 0 bridgehead atoms. The molecule has 1 amide bonds. The summed E-state index contributed by atoms with van der Waals surface area (Å²) in [5.41, 5.74) is 1.21. The Bertz CT molecular complexity index is 1250. The third-order valence-corrected chi connectivity index (χ3v) is 6.03. The third-order valence-electron chi connectivity index (χ3n) is 6.03. The SMILES string of the molecule is O=C(COC(=O)C1CC=CCC1C(=O)N(c1ccccc1)c1ccccc1)c1cccc([N+](=O)[O-])c1. The molecule has 1 aliphatic carbocycles. The predicted octanol–water partition coefficient (Wildman–Crippen LogP) is 5.27. The van der Waals surface area contributed by atoms with Gasteiger partial charge in [-0.15, -0.1) is 0 Å². The van der Waals surface area contributed by atoms with Gasteiger partial charge in [0.15, 0.2) is 6.61 Å².